The summed E-state index contributed by atoms with van der Waals surface area (Å²) >= 11 is 0. The second-order valence-corrected chi connectivity index (χ2v) is 10.8. The molecule has 1 aliphatic heterocycles. The molecule has 190 valence electrons. The van der Waals surface area contributed by atoms with E-state index in [4.69, 9.17) is 4.74 Å². The summed E-state index contributed by atoms with van der Waals surface area (Å²) < 4.78 is 34.2. The zero-order valence-corrected chi connectivity index (χ0v) is 21.4. The van der Waals surface area contributed by atoms with Crippen molar-refractivity contribution in [1.82, 2.24) is 14.3 Å². The first-order valence-corrected chi connectivity index (χ1v) is 13.6. The molecule has 1 heterocycles. The van der Waals surface area contributed by atoms with E-state index < -0.39 is 15.6 Å². The quantitative estimate of drug-likeness (QED) is 0.328. The van der Waals surface area contributed by atoms with Gasteiger partial charge in [-0.05, 0) is 48.8 Å². The molecule has 0 aromatic heterocycles. The zero-order chi connectivity index (χ0) is 25.2. The maximum absolute atomic E-state index is 13.5. The molecule has 7 nitrogen and oxygen atoms in total. The Morgan fingerprint density at radius 1 is 1.03 bits per heavy atom. The van der Waals surface area contributed by atoms with Crippen molar-refractivity contribution in [2.45, 2.75) is 32.1 Å². The average molecular weight is 500 g/mol. The molecule has 2 N–H and O–H groups in total. The van der Waals surface area contributed by atoms with Crippen LogP contribution in [0.5, 0.6) is 0 Å². The largest absolute Gasteiger partial charge is 0.383 e. The van der Waals surface area contributed by atoms with Crippen LogP contribution in [0.3, 0.4) is 0 Å². The number of ether oxygens (including phenoxy) is 1. The molecule has 1 aliphatic rings. The maximum Gasteiger partial charge on any atom is 0.279 e. The predicted octanol–water partition coefficient (Wildman–Crippen LogP) is 2.88. The van der Waals surface area contributed by atoms with Gasteiger partial charge in [0, 0.05) is 33.3 Å². The van der Waals surface area contributed by atoms with Gasteiger partial charge in [0.25, 0.3) is 10.2 Å². The molecule has 0 unspecified atom stereocenters. The van der Waals surface area contributed by atoms with Crippen molar-refractivity contribution in [3.63, 3.8) is 0 Å². The summed E-state index contributed by atoms with van der Waals surface area (Å²) in [6, 6.07) is 18.3. The lowest BCUT2D eigenvalue weighted by Gasteiger charge is -2.40. The van der Waals surface area contributed by atoms with Crippen LogP contribution in [0.1, 0.15) is 29.5 Å². The molecule has 1 fully saturated rings. The molecule has 0 spiro atoms. The summed E-state index contributed by atoms with van der Waals surface area (Å²) in [7, 11) is -2.07. The predicted molar refractivity (Wildman–Crippen MR) is 139 cm³/mol. The van der Waals surface area contributed by atoms with E-state index in [-0.39, 0.29) is 12.5 Å². The number of hydrogen-bond donors (Lipinski definition) is 2. The minimum atomic E-state index is -3.60. The number of allylic oxidation sites excluding steroid dienone is 1. The molecule has 0 saturated carbocycles. The van der Waals surface area contributed by atoms with Crippen LogP contribution in [0.25, 0.3) is 0 Å². The number of methoxy groups -OCH3 is 1. The highest BCUT2D eigenvalue weighted by atomic mass is 32.2. The first-order valence-electron chi connectivity index (χ1n) is 12.1. The fourth-order valence-electron chi connectivity index (χ4n) is 4.51. The number of nitrogens with zero attached hydrogens (tertiary/aromatic N) is 1. The molecule has 2 aromatic carbocycles. The summed E-state index contributed by atoms with van der Waals surface area (Å²) in [5.41, 5.74) is 2.81. The minimum absolute atomic E-state index is 0.00554. The highest BCUT2D eigenvalue weighted by molar-refractivity contribution is 7.87. The van der Waals surface area contributed by atoms with E-state index in [2.05, 4.69) is 40.9 Å². The minimum Gasteiger partial charge on any atom is -0.383 e. The molecule has 0 radical (unpaired) electrons. The van der Waals surface area contributed by atoms with Gasteiger partial charge in [0.05, 0.1) is 12.0 Å². The molecule has 0 bridgehead atoms. The monoisotopic (exact) mass is 499 g/mol. The molecular weight excluding hydrogens is 462 g/mol. The van der Waals surface area contributed by atoms with Crippen molar-refractivity contribution in [1.29, 1.82) is 0 Å². The first kappa shape index (κ1) is 27.1. The van der Waals surface area contributed by atoms with Gasteiger partial charge in [0.15, 0.2) is 0 Å². The second kappa shape index (κ2) is 13.0. The van der Waals surface area contributed by atoms with Crippen LogP contribution in [0.15, 0.2) is 67.3 Å². The number of amides is 1. The average Bonchev–Trinajstić information content (AvgIpc) is 2.86. The van der Waals surface area contributed by atoms with Crippen molar-refractivity contribution in [2.75, 3.05) is 39.9 Å². The van der Waals surface area contributed by atoms with Gasteiger partial charge < -0.3 is 10.1 Å². The Bertz CT molecular complexity index is 1050. The summed E-state index contributed by atoms with van der Waals surface area (Å²) in [5.74, 6) is -0.00554. The second-order valence-electron chi connectivity index (χ2n) is 9.05. The number of carbonyl (C=O) groups is 1. The molecule has 1 amide bonds. The topological polar surface area (TPSA) is 87.7 Å². The van der Waals surface area contributed by atoms with Crippen molar-refractivity contribution < 1.29 is 17.9 Å². The van der Waals surface area contributed by atoms with E-state index in [9.17, 15) is 13.2 Å². The molecule has 0 atom stereocenters. The van der Waals surface area contributed by atoms with E-state index in [1.165, 1.54) is 22.5 Å². The van der Waals surface area contributed by atoms with Crippen LogP contribution in [-0.4, -0.2) is 58.5 Å². The van der Waals surface area contributed by atoms with E-state index in [0.717, 1.165) is 18.4 Å². The lowest BCUT2D eigenvalue weighted by atomic mass is 9.73. The van der Waals surface area contributed by atoms with Crippen LogP contribution in [0, 0.1) is 5.41 Å². The fourth-order valence-corrected chi connectivity index (χ4v) is 5.69. The Hall–Kier alpha value is -2.52. The number of benzene rings is 2. The number of piperidine rings is 1. The number of rotatable bonds is 13. The SMILES string of the molecule is C=CCc1ccc(CCNC(=O)C2(Cc3ccccc3)CCN(S(=O)(=O)NCCOC)CC2)cc1. The van der Waals surface area contributed by atoms with Gasteiger partial charge in [-0.3, -0.25) is 4.79 Å². The third-order valence-corrected chi connectivity index (χ3v) is 8.19. The Labute approximate surface area is 209 Å². The number of hydrogen-bond acceptors (Lipinski definition) is 4. The highest BCUT2D eigenvalue weighted by Crippen LogP contribution is 2.36. The zero-order valence-electron chi connectivity index (χ0n) is 20.5. The van der Waals surface area contributed by atoms with Crippen LogP contribution >= 0.6 is 0 Å². The van der Waals surface area contributed by atoms with Gasteiger partial charge in [-0.1, -0.05) is 60.7 Å². The van der Waals surface area contributed by atoms with Crippen LogP contribution in [0.4, 0.5) is 0 Å². The molecule has 2 aromatic rings. The lowest BCUT2D eigenvalue weighted by molar-refractivity contribution is -0.133. The molecule has 8 heteroatoms. The Morgan fingerprint density at radius 3 is 2.31 bits per heavy atom. The van der Waals surface area contributed by atoms with E-state index >= 15 is 0 Å². The molecule has 1 saturated heterocycles. The van der Waals surface area contributed by atoms with Crippen molar-refractivity contribution in [2.24, 2.45) is 5.41 Å². The Kier molecular flexibility index (Phi) is 10.0. The first-order chi connectivity index (χ1) is 16.9. The fraction of sp³-hybridized carbons (Fsp3) is 0.444. The third kappa shape index (κ3) is 7.73. The molecule has 35 heavy (non-hydrogen) atoms. The Morgan fingerprint density at radius 2 is 1.69 bits per heavy atom. The van der Waals surface area contributed by atoms with Gasteiger partial charge in [0.1, 0.15) is 0 Å². The Balaban J connectivity index is 1.64. The smallest absolute Gasteiger partial charge is 0.279 e. The highest BCUT2D eigenvalue weighted by Gasteiger charge is 2.43. The van der Waals surface area contributed by atoms with Gasteiger partial charge in [-0.15, -0.1) is 6.58 Å². The summed E-state index contributed by atoms with van der Waals surface area (Å²) in [5, 5.41) is 3.14. The van der Waals surface area contributed by atoms with Gasteiger partial charge in [0.2, 0.25) is 5.91 Å². The van der Waals surface area contributed by atoms with Crippen molar-refractivity contribution in [3.8, 4) is 0 Å². The molecule has 3 rings (SSSR count). The van der Waals surface area contributed by atoms with Gasteiger partial charge in [-0.2, -0.15) is 17.4 Å². The van der Waals surface area contributed by atoms with E-state index in [0.29, 0.717) is 45.5 Å². The molecular formula is C27H37N3O4S. The third-order valence-electron chi connectivity index (χ3n) is 6.58. The lowest BCUT2D eigenvalue weighted by Crippen LogP contribution is -2.53. The standard InChI is InChI=1S/C27H37N3O4S/c1-3-7-23-10-12-24(13-11-23)14-17-28-26(31)27(22-25-8-5-4-6-9-25)15-19-30(20-16-27)35(32,33)29-18-21-34-2/h3-6,8-13,29H,1,7,14-22H2,2H3,(H,28,31). The van der Waals surface area contributed by atoms with Crippen molar-refractivity contribution in [3.05, 3.63) is 83.9 Å². The van der Waals surface area contributed by atoms with E-state index in [1.54, 1.807) is 0 Å². The van der Waals surface area contributed by atoms with Gasteiger partial charge >= 0.3 is 0 Å². The number of carbonyl (C=O) groups excluding carboxylic acids is 1. The molecule has 0 aliphatic carbocycles. The summed E-state index contributed by atoms with van der Waals surface area (Å²) in [4.78, 5) is 13.5. The van der Waals surface area contributed by atoms with Crippen LogP contribution in [-0.2, 0) is 39.0 Å². The summed E-state index contributed by atoms with van der Waals surface area (Å²) in [6.45, 7) is 5.44. The number of nitrogens with one attached hydrogen (secondary N) is 2. The van der Waals surface area contributed by atoms with Crippen molar-refractivity contribution >= 4 is 16.1 Å². The van der Waals surface area contributed by atoms with Gasteiger partial charge in [-0.25, -0.2) is 0 Å². The normalized spacial score (nSPS) is 16.0. The maximum atomic E-state index is 13.5. The summed E-state index contributed by atoms with van der Waals surface area (Å²) in [6.07, 6.45) is 4.98. The van der Waals surface area contributed by atoms with Crippen LogP contribution in [0.2, 0.25) is 0 Å². The van der Waals surface area contributed by atoms with Crippen LogP contribution < -0.4 is 10.0 Å². The van der Waals surface area contributed by atoms with E-state index in [1.807, 2.05) is 36.4 Å².